The fraction of sp³-hybridized carbons (Fsp3) is 0.333. The van der Waals surface area contributed by atoms with Crippen molar-refractivity contribution in [2.45, 2.75) is 19.8 Å². The number of alkyl halides is 3. The van der Waals surface area contributed by atoms with Crippen LogP contribution in [0.1, 0.15) is 21.6 Å². The molecule has 1 heterocycles. The molecule has 7 heteroatoms. The quantitative estimate of drug-likeness (QED) is 0.806. The molecule has 0 atom stereocenters. The first-order valence-corrected chi connectivity index (χ1v) is 4.29. The molecule has 1 aromatic rings. The number of nitrogens with zero attached hydrogens (tertiary/aromatic N) is 1. The van der Waals surface area contributed by atoms with Crippen LogP contribution in [0.5, 0.6) is 5.88 Å². The number of aromatic nitrogens is 1. The molecule has 2 N–H and O–H groups in total. The van der Waals surface area contributed by atoms with Crippen LogP contribution in [0.2, 0.25) is 0 Å². The van der Waals surface area contributed by atoms with Crippen molar-refractivity contribution in [2.75, 3.05) is 0 Å². The fourth-order valence-electron chi connectivity index (χ4n) is 1.20. The Hall–Kier alpha value is -1.63. The zero-order valence-electron chi connectivity index (χ0n) is 8.34. The number of nitrogens with two attached hydrogens (primary N) is 1. The van der Waals surface area contributed by atoms with Crippen LogP contribution in [0.25, 0.3) is 0 Å². The van der Waals surface area contributed by atoms with Crippen LogP contribution in [0, 0.1) is 6.92 Å². The molecule has 4 nitrogen and oxygen atoms in total. The number of ether oxygens (including phenoxy) is 1. The van der Waals surface area contributed by atoms with Gasteiger partial charge in [0.2, 0.25) is 5.88 Å². The molecule has 0 aliphatic carbocycles. The standard InChI is InChI=1S/C9H9F3N2O2/c1-5-2-6(4-15)7(3-13)8(14-5)16-9(10,11)12/h2,4H,3,13H2,1H3. The number of carbonyl (C=O) groups is 1. The zero-order chi connectivity index (χ0) is 12.3. The lowest BCUT2D eigenvalue weighted by atomic mass is 10.1. The molecule has 0 amide bonds. The maximum Gasteiger partial charge on any atom is 0.574 e. The Kier molecular flexibility index (Phi) is 3.48. The van der Waals surface area contributed by atoms with Gasteiger partial charge in [-0.05, 0) is 13.0 Å². The van der Waals surface area contributed by atoms with Crippen molar-refractivity contribution < 1.29 is 22.7 Å². The van der Waals surface area contributed by atoms with Crippen LogP contribution >= 0.6 is 0 Å². The fourth-order valence-corrected chi connectivity index (χ4v) is 1.20. The van der Waals surface area contributed by atoms with E-state index in [1.54, 1.807) is 0 Å². The van der Waals surface area contributed by atoms with E-state index in [0.29, 0.717) is 6.29 Å². The highest BCUT2D eigenvalue weighted by Gasteiger charge is 2.33. The Morgan fingerprint density at radius 1 is 1.56 bits per heavy atom. The summed E-state index contributed by atoms with van der Waals surface area (Å²) in [6, 6.07) is 1.35. The molecule has 16 heavy (non-hydrogen) atoms. The summed E-state index contributed by atoms with van der Waals surface area (Å²) in [6.07, 6.45) is -4.44. The SMILES string of the molecule is Cc1cc(C=O)c(CN)c(OC(F)(F)F)n1. The van der Waals surface area contributed by atoms with Gasteiger partial charge in [0.1, 0.15) is 0 Å². The second-order valence-electron chi connectivity index (χ2n) is 3.01. The van der Waals surface area contributed by atoms with Gasteiger partial charge in [-0.3, -0.25) is 4.79 Å². The first kappa shape index (κ1) is 12.4. The van der Waals surface area contributed by atoms with E-state index in [4.69, 9.17) is 5.73 Å². The zero-order valence-corrected chi connectivity index (χ0v) is 8.34. The normalized spacial score (nSPS) is 11.3. The van der Waals surface area contributed by atoms with Gasteiger partial charge in [-0.1, -0.05) is 0 Å². The van der Waals surface area contributed by atoms with Crippen molar-refractivity contribution in [3.8, 4) is 5.88 Å². The molecule has 0 fully saturated rings. The molecular weight excluding hydrogens is 225 g/mol. The molecule has 0 saturated carbocycles. The topological polar surface area (TPSA) is 65.2 Å². The predicted molar refractivity (Wildman–Crippen MR) is 48.9 cm³/mol. The van der Waals surface area contributed by atoms with E-state index < -0.39 is 12.2 Å². The summed E-state index contributed by atoms with van der Waals surface area (Å²) in [6.45, 7) is 1.20. The van der Waals surface area contributed by atoms with E-state index in [9.17, 15) is 18.0 Å². The van der Waals surface area contributed by atoms with Gasteiger partial charge < -0.3 is 10.5 Å². The molecule has 0 aromatic carbocycles. The Bertz CT molecular complexity index is 404. The molecule has 0 aliphatic heterocycles. The third-order valence-electron chi connectivity index (χ3n) is 1.79. The van der Waals surface area contributed by atoms with Crippen LogP contribution < -0.4 is 10.5 Å². The largest absolute Gasteiger partial charge is 0.574 e. The van der Waals surface area contributed by atoms with Gasteiger partial charge in [-0.2, -0.15) is 0 Å². The van der Waals surface area contributed by atoms with Crippen LogP contribution in [0.3, 0.4) is 0 Å². The highest BCUT2D eigenvalue weighted by molar-refractivity contribution is 5.78. The van der Waals surface area contributed by atoms with Gasteiger partial charge in [0.05, 0.1) is 0 Å². The van der Waals surface area contributed by atoms with E-state index in [2.05, 4.69) is 9.72 Å². The molecule has 0 bridgehead atoms. The van der Waals surface area contributed by atoms with E-state index >= 15 is 0 Å². The lowest BCUT2D eigenvalue weighted by Gasteiger charge is -2.13. The summed E-state index contributed by atoms with van der Waals surface area (Å²) < 4.78 is 39.8. The van der Waals surface area contributed by atoms with Gasteiger partial charge in [0, 0.05) is 23.4 Å². The predicted octanol–water partition coefficient (Wildman–Crippen LogP) is 1.56. The van der Waals surface area contributed by atoms with Crippen molar-refractivity contribution in [1.82, 2.24) is 4.98 Å². The molecule has 0 unspecified atom stereocenters. The van der Waals surface area contributed by atoms with Gasteiger partial charge in [0.15, 0.2) is 6.29 Å². The molecule has 0 radical (unpaired) electrons. The Morgan fingerprint density at radius 2 is 2.19 bits per heavy atom. The molecular formula is C9H9F3N2O2. The van der Waals surface area contributed by atoms with Crippen molar-refractivity contribution in [1.29, 1.82) is 0 Å². The second-order valence-corrected chi connectivity index (χ2v) is 3.01. The molecule has 88 valence electrons. The monoisotopic (exact) mass is 234 g/mol. The van der Waals surface area contributed by atoms with Crippen molar-refractivity contribution >= 4 is 6.29 Å². The Balaban J connectivity index is 3.25. The summed E-state index contributed by atoms with van der Waals surface area (Å²) in [5.41, 5.74) is 5.49. The summed E-state index contributed by atoms with van der Waals surface area (Å²) in [7, 11) is 0. The molecule has 0 saturated heterocycles. The third-order valence-corrected chi connectivity index (χ3v) is 1.79. The number of pyridine rings is 1. The minimum atomic E-state index is -4.86. The average molecular weight is 234 g/mol. The molecule has 1 rings (SSSR count). The lowest BCUT2D eigenvalue weighted by molar-refractivity contribution is -0.276. The van der Waals surface area contributed by atoms with Crippen molar-refractivity contribution in [2.24, 2.45) is 5.73 Å². The van der Waals surface area contributed by atoms with E-state index in [0.717, 1.165) is 0 Å². The summed E-state index contributed by atoms with van der Waals surface area (Å²) >= 11 is 0. The van der Waals surface area contributed by atoms with Crippen molar-refractivity contribution in [3.05, 3.63) is 22.9 Å². The van der Waals surface area contributed by atoms with Crippen LogP contribution in [0.4, 0.5) is 13.2 Å². The highest BCUT2D eigenvalue weighted by Crippen LogP contribution is 2.26. The molecule has 0 spiro atoms. The molecule has 0 aliphatic rings. The van der Waals surface area contributed by atoms with Crippen LogP contribution in [0.15, 0.2) is 6.07 Å². The van der Waals surface area contributed by atoms with Gasteiger partial charge in [0.25, 0.3) is 0 Å². The van der Waals surface area contributed by atoms with Crippen LogP contribution in [-0.4, -0.2) is 17.6 Å². The minimum Gasteiger partial charge on any atom is -0.387 e. The van der Waals surface area contributed by atoms with E-state index in [1.807, 2.05) is 0 Å². The van der Waals surface area contributed by atoms with Gasteiger partial charge >= 0.3 is 6.36 Å². The van der Waals surface area contributed by atoms with E-state index in [-0.39, 0.29) is 23.4 Å². The number of aryl methyl sites for hydroxylation is 1. The maximum atomic E-state index is 12.0. The Morgan fingerprint density at radius 3 is 2.62 bits per heavy atom. The first-order chi connectivity index (χ1) is 7.37. The minimum absolute atomic E-state index is 0.0502. The number of rotatable bonds is 3. The number of aldehydes is 1. The van der Waals surface area contributed by atoms with Crippen molar-refractivity contribution in [3.63, 3.8) is 0 Å². The molecule has 1 aromatic heterocycles. The number of carbonyl (C=O) groups excluding carboxylic acids is 1. The lowest BCUT2D eigenvalue weighted by Crippen LogP contribution is -2.20. The summed E-state index contributed by atoms with van der Waals surface area (Å²) in [5.74, 6) is -0.669. The smallest absolute Gasteiger partial charge is 0.387 e. The summed E-state index contributed by atoms with van der Waals surface area (Å²) in [5, 5.41) is 0. The number of hydrogen-bond acceptors (Lipinski definition) is 4. The second kappa shape index (κ2) is 4.48. The van der Waals surface area contributed by atoms with Gasteiger partial charge in [-0.15, -0.1) is 13.2 Å². The summed E-state index contributed by atoms with van der Waals surface area (Å²) in [4.78, 5) is 14.2. The number of halogens is 3. The third kappa shape index (κ3) is 2.93. The average Bonchev–Trinajstić information content (AvgIpc) is 2.14. The highest BCUT2D eigenvalue weighted by atomic mass is 19.4. The Labute approximate surface area is 89.2 Å². The maximum absolute atomic E-state index is 12.0. The van der Waals surface area contributed by atoms with E-state index in [1.165, 1.54) is 13.0 Å². The van der Waals surface area contributed by atoms with Crippen LogP contribution in [-0.2, 0) is 6.54 Å². The first-order valence-electron chi connectivity index (χ1n) is 4.29. The van der Waals surface area contributed by atoms with Gasteiger partial charge in [-0.25, -0.2) is 4.98 Å². The number of hydrogen-bond donors (Lipinski definition) is 1.